The molecule has 0 aliphatic rings. The fourth-order valence-electron chi connectivity index (χ4n) is 3.18. The van der Waals surface area contributed by atoms with Crippen LogP contribution in [0.4, 0.5) is 0 Å². The van der Waals surface area contributed by atoms with Crippen molar-refractivity contribution in [2.75, 3.05) is 6.67 Å². The number of pyridine rings is 3. The number of aryl methyl sites for hydroxylation is 1. The predicted octanol–water partition coefficient (Wildman–Crippen LogP) is 4.84. The van der Waals surface area contributed by atoms with Gasteiger partial charge in [0.15, 0.2) is 0 Å². The molecule has 0 saturated heterocycles. The normalized spacial score (nSPS) is 11.6. The summed E-state index contributed by atoms with van der Waals surface area (Å²) in [6.45, 7) is 6.71. The lowest BCUT2D eigenvalue weighted by molar-refractivity contribution is 0.709. The third-order valence-corrected chi connectivity index (χ3v) is 5.35. The van der Waals surface area contributed by atoms with E-state index >= 15 is 0 Å². The van der Waals surface area contributed by atoms with Gasteiger partial charge in [0, 0.05) is 59.3 Å². The van der Waals surface area contributed by atoms with E-state index in [4.69, 9.17) is 0 Å². The number of hydrogen-bond acceptors (Lipinski definition) is 7. The highest BCUT2D eigenvalue weighted by molar-refractivity contribution is 8.13. The highest BCUT2D eigenvalue weighted by atomic mass is 32.2. The number of hydrogen-bond donors (Lipinski definition) is 1. The summed E-state index contributed by atoms with van der Waals surface area (Å²) in [6.07, 6.45) is 5.49. The predicted molar refractivity (Wildman–Crippen MR) is 129 cm³/mol. The first-order valence-electron chi connectivity index (χ1n) is 9.84. The molecule has 0 spiro atoms. The minimum absolute atomic E-state index is 0.466. The molecule has 4 rings (SSSR count). The van der Waals surface area contributed by atoms with Gasteiger partial charge < -0.3 is 0 Å². The van der Waals surface area contributed by atoms with Gasteiger partial charge in [0.2, 0.25) is 0 Å². The van der Waals surface area contributed by atoms with Crippen LogP contribution in [0, 0.1) is 6.92 Å². The van der Waals surface area contributed by atoms with Crippen molar-refractivity contribution in [1.29, 1.82) is 0 Å². The number of fused-ring (bicyclic) bond motifs is 1. The van der Waals surface area contributed by atoms with Crippen molar-refractivity contribution in [3.63, 3.8) is 0 Å². The average molecular weight is 427 g/mol. The summed E-state index contributed by atoms with van der Waals surface area (Å²) < 4.78 is 3.95. The smallest absolute Gasteiger partial charge is 0.122 e. The van der Waals surface area contributed by atoms with Crippen LogP contribution in [0.15, 0.2) is 82.6 Å². The largest absolute Gasteiger partial charge is 0.294 e. The van der Waals surface area contributed by atoms with Crippen LogP contribution in [0.2, 0.25) is 0 Å². The zero-order valence-electron chi connectivity index (χ0n) is 17.2. The van der Waals surface area contributed by atoms with Crippen LogP contribution in [0.25, 0.3) is 22.2 Å². The van der Waals surface area contributed by atoms with E-state index in [0.717, 1.165) is 44.0 Å². The van der Waals surface area contributed by atoms with Gasteiger partial charge in [-0.25, -0.2) is 4.40 Å². The summed E-state index contributed by atoms with van der Waals surface area (Å²) in [4.78, 5) is 17.8. The molecule has 3 heterocycles. The highest BCUT2D eigenvalue weighted by Gasteiger charge is 2.06. The highest BCUT2D eigenvalue weighted by Crippen LogP contribution is 2.20. The minimum atomic E-state index is 0.466. The lowest BCUT2D eigenvalue weighted by Gasteiger charge is -2.07. The molecular formula is C24H22N6S. The molecule has 6 nitrogen and oxygen atoms in total. The van der Waals surface area contributed by atoms with Crippen molar-refractivity contribution >= 4 is 34.6 Å². The van der Waals surface area contributed by atoms with Crippen molar-refractivity contribution in [1.82, 2.24) is 20.3 Å². The Bertz CT molecular complexity index is 1220. The third-order valence-electron chi connectivity index (χ3n) is 4.68. The summed E-state index contributed by atoms with van der Waals surface area (Å²) in [5, 5.41) is 5.23. The first kappa shape index (κ1) is 20.8. The molecule has 0 fully saturated rings. The Balaban J connectivity index is 1.39. The summed E-state index contributed by atoms with van der Waals surface area (Å²) >= 11 is 1.27. The number of aromatic nitrogens is 3. The van der Waals surface area contributed by atoms with Crippen LogP contribution in [0.3, 0.4) is 0 Å². The third kappa shape index (κ3) is 5.39. The van der Waals surface area contributed by atoms with Gasteiger partial charge in [-0.1, -0.05) is 18.2 Å². The monoisotopic (exact) mass is 426 g/mol. The van der Waals surface area contributed by atoms with E-state index in [0.29, 0.717) is 13.2 Å². The van der Waals surface area contributed by atoms with Gasteiger partial charge in [-0.2, -0.15) is 0 Å². The summed E-state index contributed by atoms with van der Waals surface area (Å²) in [6, 6.07) is 18.2. The molecule has 0 saturated carbocycles. The fourth-order valence-corrected chi connectivity index (χ4v) is 3.65. The van der Waals surface area contributed by atoms with E-state index in [2.05, 4.69) is 48.5 Å². The second kappa shape index (κ2) is 10.1. The molecule has 3 aromatic heterocycles. The van der Waals surface area contributed by atoms with Crippen molar-refractivity contribution in [3.8, 4) is 11.3 Å². The number of nitrogens with one attached hydrogen (secondary N) is 1. The zero-order valence-corrected chi connectivity index (χ0v) is 18.0. The number of benzene rings is 1. The average Bonchev–Trinajstić information content (AvgIpc) is 2.81. The maximum atomic E-state index is 4.67. The SMILES string of the molecule is C=NSC(=NCNCc1ccc(-c2ccnc(C)c2)nc1)c1ccc2ncccc2c1. The van der Waals surface area contributed by atoms with Crippen LogP contribution < -0.4 is 5.32 Å². The number of nitrogens with zero attached hydrogens (tertiary/aromatic N) is 5. The minimum Gasteiger partial charge on any atom is -0.294 e. The van der Waals surface area contributed by atoms with Crippen LogP contribution in [-0.2, 0) is 6.54 Å². The molecule has 0 radical (unpaired) electrons. The lowest BCUT2D eigenvalue weighted by atomic mass is 10.1. The number of aliphatic imine (C=N–C) groups is 1. The van der Waals surface area contributed by atoms with Gasteiger partial charge in [0.1, 0.15) is 5.04 Å². The van der Waals surface area contributed by atoms with Gasteiger partial charge in [-0.15, -0.1) is 0 Å². The van der Waals surface area contributed by atoms with Gasteiger partial charge in [-0.05, 0) is 55.6 Å². The molecule has 4 aromatic rings. The van der Waals surface area contributed by atoms with Crippen molar-refractivity contribution in [2.45, 2.75) is 13.5 Å². The standard InChI is InChI=1S/C24H22N6S/c1-17-12-20(9-11-27-17)23-7-5-18(15-29-23)14-26-16-30-24(31-25-2)21-6-8-22-19(13-21)4-3-10-28-22/h3-13,15,26H,2,14,16H2,1H3. The molecule has 7 heteroatoms. The van der Waals surface area contributed by atoms with Gasteiger partial charge in [0.05, 0.1) is 17.9 Å². The Morgan fingerprint density at radius 2 is 1.97 bits per heavy atom. The molecular weight excluding hydrogens is 404 g/mol. The second-order valence-corrected chi connectivity index (χ2v) is 7.74. The topological polar surface area (TPSA) is 75.4 Å². The molecule has 0 amide bonds. The molecule has 1 aromatic carbocycles. The maximum Gasteiger partial charge on any atom is 0.122 e. The van der Waals surface area contributed by atoms with Crippen LogP contribution >= 0.6 is 11.9 Å². The second-order valence-electron chi connectivity index (χ2n) is 6.92. The van der Waals surface area contributed by atoms with Crippen molar-refractivity contribution in [2.24, 2.45) is 9.39 Å². The van der Waals surface area contributed by atoms with Crippen LogP contribution in [-0.4, -0.2) is 33.4 Å². The first-order chi connectivity index (χ1) is 15.2. The first-order valence-corrected chi connectivity index (χ1v) is 10.6. The molecule has 0 bridgehead atoms. The molecule has 0 aliphatic heterocycles. The van der Waals surface area contributed by atoms with E-state index in [1.54, 1.807) is 12.4 Å². The Labute approximate surface area is 185 Å². The van der Waals surface area contributed by atoms with E-state index in [1.165, 1.54) is 11.9 Å². The summed E-state index contributed by atoms with van der Waals surface area (Å²) in [5.41, 5.74) is 6.04. The van der Waals surface area contributed by atoms with Crippen LogP contribution in [0.5, 0.6) is 0 Å². The molecule has 1 N–H and O–H groups in total. The summed E-state index contributed by atoms with van der Waals surface area (Å²) in [5.74, 6) is 0. The molecule has 0 atom stereocenters. The Hall–Kier alpha value is -3.42. The summed E-state index contributed by atoms with van der Waals surface area (Å²) in [7, 11) is 0. The molecule has 0 unspecified atom stereocenters. The zero-order chi connectivity index (χ0) is 21.5. The van der Waals surface area contributed by atoms with Crippen LogP contribution in [0.1, 0.15) is 16.8 Å². The lowest BCUT2D eigenvalue weighted by Crippen LogP contribution is -2.14. The molecule has 31 heavy (non-hydrogen) atoms. The van der Waals surface area contributed by atoms with Gasteiger partial charge >= 0.3 is 0 Å². The Morgan fingerprint density at radius 3 is 2.77 bits per heavy atom. The van der Waals surface area contributed by atoms with E-state index in [1.807, 2.05) is 55.6 Å². The van der Waals surface area contributed by atoms with Gasteiger partial charge in [-0.3, -0.25) is 25.3 Å². The van der Waals surface area contributed by atoms with E-state index in [9.17, 15) is 0 Å². The Morgan fingerprint density at radius 1 is 1.03 bits per heavy atom. The number of rotatable bonds is 7. The van der Waals surface area contributed by atoms with Gasteiger partial charge in [0.25, 0.3) is 0 Å². The van der Waals surface area contributed by atoms with Crippen molar-refractivity contribution in [3.05, 3.63) is 90.0 Å². The van der Waals surface area contributed by atoms with Crippen molar-refractivity contribution < 1.29 is 0 Å². The molecule has 154 valence electrons. The fraction of sp³-hybridized carbons (Fsp3) is 0.125. The molecule has 0 aliphatic carbocycles. The quantitative estimate of drug-likeness (QED) is 0.198. The Kier molecular flexibility index (Phi) is 6.76. The maximum absolute atomic E-state index is 4.67. The van der Waals surface area contributed by atoms with E-state index in [-0.39, 0.29) is 0 Å². The van der Waals surface area contributed by atoms with E-state index < -0.39 is 0 Å².